The van der Waals surface area contributed by atoms with Crippen molar-refractivity contribution in [1.29, 1.82) is 0 Å². The zero-order chi connectivity index (χ0) is 18.5. The van der Waals surface area contributed by atoms with Crippen molar-refractivity contribution < 1.29 is 28.9 Å². The van der Waals surface area contributed by atoms with E-state index in [1.807, 2.05) is 6.07 Å². The van der Waals surface area contributed by atoms with Gasteiger partial charge in [-0.25, -0.2) is 0 Å². The maximum absolute atomic E-state index is 12.7. The first-order valence-electron chi connectivity index (χ1n) is 8.13. The van der Waals surface area contributed by atoms with E-state index >= 15 is 0 Å². The molecule has 1 aliphatic heterocycles. The van der Waals surface area contributed by atoms with Crippen LogP contribution in [0.2, 0.25) is 0 Å². The van der Waals surface area contributed by atoms with Crippen LogP contribution in [-0.2, 0) is 4.79 Å². The van der Waals surface area contributed by atoms with E-state index in [9.17, 15) is 9.59 Å². The van der Waals surface area contributed by atoms with Crippen molar-refractivity contribution in [2.75, 3.05) is 20.3 Å². The largest absolute Gasteiger partial charge is 0.493 e. The number of nitrogens with one attached hydrogen (secondary N) is 1. The van der Waals surface area contributed by atoms with Gasteiger partial charge in [0.05, 0.1) is 19.6 Å². The number of fused-ring (bicyclic) bond motifs is 1. The zero-order valence-electron chi connectivity index (χ0n) is 14.2. The van der Waals surface area contributed by atoms with Gasteiger partial charge in [0.2, 0.25) is 5.75 Å². The molecule has 2 aromatic carbocycles. The van der Waals surface area contributed by atoms with Gasteiger partial charge >= 0.3 is 5.97 Å². The molecule has 136 valence electrons. The highest BCUT2D eigenvalue weighted by atomic mass is 16.6. The van der Waals surface area contributed by atoms with E-state index in [0.29, 0.717) is 41.6 Å². The second-order valence-corrected chi connectivity index (χ2v) is 5.74. The van der Waals surface area contributed by atoms with Crippen LogP contribution in [0.15, 0.2) is 42.5 Å². The zero-order valence-corrected chi connectivity index (χ0v) is 14.2. The summed E-state index contributed by atoms with van der Waals surface area (Å²) in [6.07, 6.45) is -0.225. The van der Waals surface area contributed by atoms with Gasteiger partial charge in [0.25, 0.3) is 5.91 Å². The number of aliphatic carboxylic acids is 1. The van der Waals surface area contributed by atoms with Gasteiger partial charge < -0.3 is 24.6 Å². The van der Waals surface area contributed by atoms with Crippen LogP contribution in [0.25, 0.3) is 0 Å². The number of carbonyl (C=O) groups excluding carboxylic acids is 1. The number of carbonyl (C=O) groups is 2. The van der Waals surface area contributed by atoms with Crippen molar-refractivity contribution in [3.63, 3.8) is 0 Å². The number of benzene rings is 2. The minimum Gasteiger partial charge on any atom is -0.493 e. The molecule has 0 saturated heterocycles. The van der Waals surface area contributed by atoms with Crippen LogP contribution in [0.4, 0.5) is 0 Å². The highest BCUT2D eigenvalue weighted by Crippen LogP contribution is 2.40. The van der Waals surface area contributed by atoms with Crippen LogP contribution >= 0.6 is 0 Å². The first-order valence-corrected chi connectivity index (χ1v) is 8.13. The predicted molar refractivity (Wildman–Crippen MR) is 92.9 cm³/mol. The standard InChI is InChI=1S/C19H19NO6/c1-24-15-9-13(10-16-18(15)26-8-7-25-16)19(23)20-14(11-17(21)22)12-5-3-2-4-6-12/h2-6,9-10,14H,7-8,11H2,1H3,(H,20,23)(H,21,22)/t14-/m1/s1. The fourth-order valence-corrected chi connectivity index (χ4v) is 2.76. The summed E-state index contributed by atoms with van der Waals surface area (Å²) in [6.45, 7) is 0.788. The first-order chi connectivity index (χ1) is 12.6. The molecule has 2 aromatic rings. The summed E-state index contributed by atoms with van der Waals surface area (Å²) in [7, 11) is 1.48. The van der Waals surface area contributed by atoms with E-state index in [4.69, 9.17) is 19.3 Å². The summed E-state index contributed by atoms with van der Waals surface area (Å²) >= 11 is 0. The van der Waals surface area contributed by atoms with Gasteiger partial charge in [0, 0.05) is 5.56 Å². The third-order valence-corrected chi connectivity index (χ3v) is 3.98. The number of ether oxygens (including phenoxy) is 3. The number of carboxylic acid groups (broad SMARTS) is 1. The maximum Gasteiger partial charge on any atom is 0.305 e. The van der Waals surface area contributed by atoms with Gasteiger partial charge in [-0.05, 0) is 17.7 Å². The second kappa shape index (κ2) is 7.77. The Balaban J connectivity index is 1.86. The molecule has 1 atom stereocenters. The molecular formula is C19H19NO6. The van der Waals surface area contributed by atoms with Gasteiger partial charge in [0.1, 0.15) is 13.2 Å². The summed E-state index contributed by atoms with van der Waals surface area (Å²) in [6, 6.07) is 11.4. The minimum atomic E-state index is -1.00. The van der Waals surface area contributed by atoms with Crippen LogP contribution in [0.3, 0.4) is 0 Å². The molecule has 0 spiro atoms. The molecule has 0 bridgehead atoms. The molecule has 0 radical (unpaired) electrons. The van der Waals surface area contributed by atoms with Crippen molar-refractivity contribution >= 4 is 11.9 Å². The molecule has 0 fully saturated rings. The number of hydrogen-bond donors (Lipinski definition) is 2. The maximum atomic E-state index is 12.7. The minimum absolute atomic E-state index is 0.225. The van der Waals surface area contributed by atoms with E-state index in [0.717, 1.165) is 0 Å². The number of hydrogen-bond acceptors (Lipinski definition) is 5. The van der Waals surface area contributed by atoms with Crippen molar-refractivity contribution in [2.45, 2.75) is 12.5 Å². The lowest BCUT2D eigenvalue weighted by Crippen LogP contribution is -2.30. The number of amides is 1. The fourth-order valence-electron chi connectivity index (χ4n) is 2.76. The van der Waals surface area contributed by atoms with Crippen molar-refractivity contribution in [3.8, 4) is 17.2 Å². The lowest BCUT2D eigenvalue weighted by molar-refractivity contribution is -0.137. The van der Waals surface area contributed by atoms with Crippen molar-refractivity contribution in [1.82, 2.24) is 5.32 Å². The van der Waals surface area contributed by atoms with Crippen LogP contribution in [0.1, 0.15) is 28.4 Å². The Hall–Kier alpha value is -3.22. The van der Waals surface area contributed by atoms with Gasteiger partial charge in [-0.1, -0.05) is 30.3 Å². The van der Waals surface area contributed by atoms with Gasteiger partial charge in [-0.3, -0.25) is 9.59 Å². The average molecular weight is 357 g/mol. The third-order valence-electron chi connectivity index (χ3n) is 3.98. The molecule has 7 nitrogen and oxygen atoms in total. The normalized spacial score (nSPS) is 13.6. The van der Waals surface area contributed by atoms with E-state index in [-0.39, 0.29) is 6.42 Å². The monoisotopic (exact) mass is 357 g/mol. The Morgan fingerprint density at radius 2 is 1.92 bits per heavy atom. The van der Waals surface area contributed by atoms with Gasteiger partial charge in [0.15, 0.2) is 11.5 Å². The van der Waals surface area contributed by atoms with Crippen molar-refractivity contribution in [3.05, 3.63) is 53.6 Å². The third kappa shape index (κ3) is 3.88. The van der Waals surface area contributed by atoms with Crippen LogP contribution in [0, 0.1) is 0 Å². The Morgan fingerprint density at radius 1 is 1.19 bits per heavy atom. The summed E-state index contributed by atoms with van der Waals surface area (Å²) < 4.78 is 16.3. The Morgan fingerprint density at radius 3 is 2.62 bits per heavy atom. The van der Waals surface area contributed by atoms with Crippen LogP contribution in [0.5, 0.6) is 17.2 Å². The molecule has 0 unspecified atom stereocenters. The molecule has 1 heterocycles. The molecule has 2 N–H and O–H groups in total. The Bertz CT molecular complexity index is 788. The molecule has 0 aromatic heterocycles. The number of carboxylic acids is 1. The van der Waals surface area contributed by atoms with E-state index in [1.165, 1.54) is 7.11 Å². The van der Waals surface area contributed by atoms with Gasteiger partial charge in [-0.15, -0.1) is 0 Å². The van der Waals surface area contributed by atoms with E-state index in [2.05, 4.69) is 5.32 Å². The Labute approximate surface area is 150 Å². The summed E-state index contributed by atoms with van der Waals surface area (Å²) in [5, 5.41) is 11.9. The lowest BCUT2D eigenvalue weighted by Gasteiger charge is -2.22. The molecule has 1 amide bonds. The first kappa shape index (κ1) is 17.6. The lowest BCUT2D eigenvalue weighted by atomic mass is 10.0. The summed E-state index contributed by atoms with van der Waals surface area (Å²) in [5.74, 6) is -0.146. The summed E-state index contributed by atoms with van der Waals surface area (Å²) in [5.41, 5.74) is 1.02. The van der Waals surface area contributed by atoms with Crippen LogP contribution in [-0.4, -0.2) is 37.3 Å². The average Bonchev–Trinajstić information content (AvgIpc) is 2.66. The van der Waals surface area contributed by atoms with Gasteiger partial charge in [-0.2, -0.15) is 0 Å². The number of methoxy groups -OCH3 is 1. The SMILES string of the molecule is COc1cc(C(=O)N[C@H](CC(=O)O)c2ccccc2)cc2c1OCCO2. The number of rotatable bonds is 6. The molecule has 0 saturated carbocycles. The topological polar surface area (TPSA) is 94.1 Å². The predicted octanol–water partition coefficient (Wildman–Crippen LogP) is 2.41. The Kier molecular flexibility index (Phi) is 5.26. The smallest absolute Gasteiger partial charge is 0.305 e. The summed E-state index contributed by atoms with van der Waals surface area (Å²) in [4.78, 5) is 23.9. The molecular weight excluding hydrogens is 338 g/mol. The molecule has 1 aliphatic rings. The highest BCUT2D eigenvalue weighted by molar-refractivity contribution is 5.96. The van der Waals surface area contributed by atoms with Crippen LogP contribution < -0.4 is 19.5 Å². The second-order valence-electron chi connectivity index (χ2n) is 5.74. The van der Waals surface area contributed by atoms with E-state index < -0.39 is 17.9 Å². The molecule has 7 heteroatoms. The molecule has 26 heavy (non-hydrogen) atoms. The quantitative estimate of drug-likeness (QED) is 0.825. The van der Waals surface area contributed by atoms with Crippen molar-refractivity contribution in [2.24, 2.45) is 0 Å². The van der Waals surface area contributed by atoms with E-state index in [1.54, 1.807) is 36.4 Å². The fraction of sp³-hybridized carbons (Fsp3) is 0.263. The molecule has 3 rings (SSSR count). The highest BCUT2D eigenvalue weighted by Gasteiger charge is 2.23. The molecule has 0 aliphatic carbocycles.